The zero-order valence-electron chi connectivity index (χ0n) is 16.1. The minimum Gasteiger partial charge on any atom is -0.342 e. The highest BCUT2D eigenvalue weighted by Crippen LogP contribution is 2.25. The molecule has 6 heteroatoms. The molecule has 150 valence electrons. The number of amides is 1. The zero-order valence-corrected chi connectivity index (χ0v) is 16.9. The molecule has 1 saturated heterocycles. The minimum atomic E-state index is -3.82. The molecule has 4 nitrogen and oxygen atoms in total. The summed E-state index contributed by atoms with van der Waals surface area (Å²) in [4.78, 5) is 14.4. The Morgan fingerprint density at radius 3 is 2.29 bits per heavy atom. The van der Waals surface area contributed by atoms with Crippen LogP contribution in [-0.4, -0.2) is 37.6 Å². The second-order valence-electron chi connectivity index (χ2n) is 7.43. The van der Waals surface area contributed by atoms with Gasteiger partial charge >= 0.3 is 0 Å². The van der Waals surface area contributed by atoms with E-state index in [1.54, 1.807) is 4.90 Å². The first-order valence-corrected chi connectivity index (χ1v) is 11.2. The maximum absolute atomic E-state index is 13.1. The van der Waals surface area contributed by atoms with Gasteiger partial charge in [-0.05, 0) is 68.4 Å². The summed E-state index contributed by atoms with van der Waals surface area (Å²) >= 11 is 0. The van der Waals surface area contributed by atoms with Crippen LogP contribution in [0.5, 0.6) is 0 Å². The van der Waals surface area contributed by atoms with E-state index < -0.39 is 20.9 Å². The lowest BCUT2D eigenvalue weighted by Gasteiger charge is -2.33. The van der Waals surface area contributed by atoms with E-state index in [2.05, 4.69) is 12.1 Å². The Labute approximate surface area is 166 Å². The van der Waals surface area contributed by atoms with Crippen molar-refractivity contribution in [2.75, 3.05) is 13.1 Å². The number of carbonyl (C=O) groups is 1. The van der Waals surface area contributed by atoms with Gasteiger partial charge in [-0.15, -0.1) is 0 Å². The molecule has 0 aromatic heterocycles. The Balaban J connectivity index is 1.54. The summed E-state index contributed by atoms with van der Waals surface area (Å²) in [5.74, 6) is -0.324. The Hall–Kier alpha value is -2.21. The summed E-state index contributed by atoms with van der Waals surface area (Å²) in [5.41, 5.74) is 1.32. The third kappa shape index (κ3) is 4.79. The van der Waals surface area contributed by atoms with Gasteiger partial charge in [0.15, 0.2) is 9.84 Å². The van der Waals surface area contributed by atoms with Crippen molar-refractivity contribution in [3.05, 3.63) is 66.0 Å². The molecule has 28 heavy (non-hydrogen) atoms. The maximum atomic E-state index is 13.1. The van der Waals surface area contributed by atoms with E-state index in [1.165, 1.54) is 24.6 Å². The van der Waals surface area contributed by atoms with Crippen molar-refractivity contribution in [1.29, 1.82) is 0 Å². The van der Waals surface area contributed by atoms with Gasteiger partial charge in [0.25, 0.3) is 0 Å². The van der Waals surface area contributed by atoms with Crippen LogP contribution >= 0.6 is 0 Å². The lowest BCUT2D eigenvalue weighted by molar-refractivity contribution is -0.131. The normalized spacial score (nSPS) is 16.7. The van der Waals surface area contributed by atoms with Gasteiger partial charge in [0.05, 0.1) is 4.90 Å². The van der Waals surface area contributed by atoms with Crippen molar-refractivity contribution in [1.82, 2.24) is 4.90 Å². The van der Waals surface area contributed by atoms with Crippen molar-refractivity contribution in [3.63, 3.8) is 0 Å². The van der Waals surface area contributed by atoms with E-state index in [4.69, 9.17) is 0 Å². The number of benzene rings is 2. The molecule has 1 unspecified atom stereocenters. The molecule has 1 amide bonds. The molecule has 1 aliphatic heterocycles. The SMILES string of the molecule is CC(C(=O)N1CCC(CCc2ccccc2)CC1)S(=O)(=O)c1ccc(F)cc1. The number of hydrogen-bond acceptors (Lipinski definition) is 3. The molecule has 0 bridgehead atoms. The number of likely N-dealkylation sites (tertiary alicyclic amines) is 1. The summed E-state index contributed by atoms with van der Waals surface area (Å²) in [5, 5.41) is -1.17. The van der Waals surface area contributed by atoms with Gasteiger partial charge in [0.1, 0.15) is 11.1 Å². The van der Waals surface area contributed by atoms with Gasteiger partial charge in [-0.3, -0.25) is 4.79 Å². The summed E-state index contributed by atoms with van der Waals surface area (Å²) in [7, 11) is -3.82. The topological polar surface area (TPSA) is 54.5 Å². The third-order valence-electron chi connectivity index (χ3n) is 5.57. The van der Waals surface area contributed by atoms with Gasteiger partial charge in [0.2, 0.25) is 5.91 Å². The number of piperidine rings is 1. The fourth-order valence-corrected chi connectivity index (χ4v) is 5.01. The largest absolute Gasteiger partial charge is 0.342 e. The van der Waals surface area contributed by atoms with E-state index in [0.29, 0.717) is 19.0 Å². The lowest BCUT2D eigenvalue weighted by Crippen LogP contribution is -2.45. The van der Waals surface area contributed by atoms with E-state index in [0.717, 1.165) is 37.8 Å². The first kappa shape index (κ1) is 20.5. The molecule has 1 atom stereocenters. The van der Waals surface area contributed by atoms with Crippen LogP contribution in [0.4, 0.5) is 4.39 Å². The predicted molar refractivity (Wildman–Crippen MR) is 107 cm³/mol. The summed E-state index contributed by atoms with van der Waals surface area (Å²) in [6.45, 7) is 2.59. The van der Waals surface area contributed by atoms with E-state index in [9.17, 15) is 17.6 Å². The maximum Gasteiger partial charge on any atom is 0.241 e. The number of nitrogens with zero attached hydrogens (tertiary/aromatic N) is 1. The van der Waals surface area contributed by atoms with Crippen LogP contribution in [0.2, 0.25) is 0 Å². The molecular weight excluding hydrogens is 377 g/mol. The molecule has 1 heterocycles. The fraction of sp³-hybridized carbons (Fsp3) is 0.409. The molecule has 2 aromatic carbocycles. The van der Waals surface area contributed by atoms with Crippen LogP contribution in [0.25, 0.3) is 0 Å². The summed E-state index contributed by atoms with van der Waals surface area (Å²) < 4.78 is 38.4. The summed E-state index contributed by atoms with van der Waals surface area (Å²) in [6.07, 6.45) is 3.88. The Morgan fingerprint density at radius 1 is 1.07 bits per heavy atom. The zero-order chi connectivity index (χ0) is 20.1. The van der Waals surface area contributed by atoms with Gasteiger partial charge in [-0.1, -0.05) is 30.3 Å². The van der Waals surface area contributed by atoms with Crippen LogP contribution in [0, 0.1) is 11.7 Å². The number of rotatable bonds is 6. The van der Waals surface area contributed by atoms with Gasteiger partial charge < -0.3 is 4.90 Å². The lowest BCUT2D eigenvalue weighted by atomic mass is 9.90. The van der Waals surface area contributed by atoms with Crippen molar-refractivity contribution in [2.24, 2.45) is 5.92 Å². The standard InChI is InChI=1S/C22H26FNO3S/c1-17(28(26,27)21-11-9-20(23)10-12-21)22(25)24-15-13-19(14-16-24)8-7-18-5-3-2-4-6-18/h2-6,9-12,17,19H,7-8,13-16H2,1H3. The average Bonchev–Trinajstić information content (AvgIpc) is 2.72. The highest BCUT2D eigenvalue weighted by Gasteiger charge is 2.34. The Kier molecular flexibility index (Phi) is 6.50. The smallest absolute Gasteiger partial charge is 0.241 e. The van der Waals surface area contributed by atoms with Gasteiger partial charge in [-0.2, -0.15) is 0 Å². The van der Waals surface area contributed by atoms with Gasteiger partial charge in [-0.25, -0.2) is 12.8 Å². The quantitative estimate of drug-likeness (QED) is 0.688. The molecular formula is C22H26FNO3S. The number of sulfone groups is 1. The number of carbonyl (C=O) groups excluding carboxylic acids is 1. The van der Waals surface area contributed by atoms with E-state index in [-0.39, 0.29) is 10.8 Å². The van der Waals surface area contributed by atoms with Crippen molar-refractivity contribution >= 4 is 15.7 Å². The second-order valence-corrected chi connectivity index (χ2v) is 9.70. The van der Waals surface area contributed by atoms with Crippen LogP contribution in [-0.2, 0) is 21.1 Å². The van der Waals surface area contributed by atoms with Gasteiger partial charge in [0, 0.05) is 13.1 Å². The third-order valence-corrected chi connectivity index (χ3v) is 7.63. The second kappa shape index (κ2) is 8.86. The molecule has 0 spiro atoms. The average molecular weight is 404 g/mol. The van der Waals surface area contributed by atoms with Crippen molar-refractivity contribution < 1.29 is 17.6 Å². The molecule has 1 aliphatic rings. The highest BCUT2D eigenvalue weighted by molar-refractivity contribution is 7.92. The number of hydrogen-bond donors (Lipinski definition) is 0. The fourth-order valence-electron chi connectivity index (χ4n) is 3.68. The molecule has 3 rings (SSSR count). The highest BCUT2D eigenvalue weighted by atomic mass is 32.2. The van der Waals surface area contributed by atoms with Crippen LogP contribution in [0.3, 0.4) is 0 Å². The Morgan fingerprint density at radius 2 is 1.68 bits per heavy atom. The Bertz CT molecular complexity index is 889. The number of halogens is 1. The molecule has 0 saturated carbocycles. The first-order chi connectivity index (χ1) is 13.4. The van der Waals surface area contributed by atoms with E-state index in [1.807, 2.05) is 18.2 Å². The van der Waals surface area contributed by atoms with Crippen LogP contribution in [0.1, 0.15) is 31.7 Å². The molecule has 0 N–H and O–H groups in total. The first-order valence-electron chi connectivity index (χ1n) is 9.70. The molecule has 0 aliphatic carbocycles. The number of aryl methyl sites for hydroxylation is 1. The molecule has 0 radical (unpaired) electrons. The minimum absolute atomic E-state index is 0.0208. The molecule has 2 aromatic rings. The van der Waals surface area contributed by atoms with Crippen LogP contribution in [0.15, 0.2) is 59.5 Å². The summed E-state index contributed by atoms with van der Waals surface area (Å²) in [6, 6.07) is 15.0. The van der Waals surface area contributed by atoms with Crippen LogP contribution < -0.4 is 0 Å². The monoisotopic (exact) mass is 403 g/mol. The van der Waals surface area contributed by atoms with Crippen molar-refractivity contribution in [3.8, 4) is 0 Å². The van der Waals surface area contributed by atoms with E-state index >= 15 is 0 Å². The molecule has 1 fully saturated rings. The predicted octanol–water partition coefficient (Wildman–Crippen LogP) is 3.86. The van der Waals surface area contributed by atoms with Crippen molar-refractivity contribution in [2.45, 2.75) is 42.8 Å².